The molecule has 3 aromatic rings. The number of nitrogens with zero attached hydrogens (tertiary/aromatic N) is 3. The molecular formula is C36H39N5. The maximum atomic E-state index is 5.46. The van der Waals surface area contributed by atoms with Gasteiger partial charge in [0.15, 0.2) is 0 Å². The molecule has 0 unspecified atom stereocenters. The van der Waals surface area contributed by atoms with Crippen LogP contribution in [0.5, 0.6) is 0 Å². The normalized spacial score (nSPS) is 17.7. The highest BCUT2D eigenvalue weighted by Gasteiger charge is 2.31. The van der Waals surface area contributed by atoms with E-state index in [-0.39, 0.29) is 0 Å². The summed E-state index contributed by atoms with van der Waals surface area (Å²) < 4.78 is 0. The Morgan fingerprint density at radius 3 is 1.90 bits per heavy atom. The number of aliphatic imine (C=N–C) groups is 2. The minimum absolute atomic E-state index is 0.981. The molecule has 41 heavy (non-hydrogen) atoms. The number of H-pyrrole nitrogens is 2. The van der Waals surface area contributed by atoms with Gasteiger partial charge in [0.1, 0.15) is 0 Å². The zero-order chi connectivity index (χ0) is 29.3. The fourth-order valence-corrected chi connectivity index (χ4v) is 6.12. The van der Waals surface area contributed by atoms with Crippen LogP contribution in [0.4, 0.5) is 0 Å². The van der Waals surface area contributed by atoms with Gasteiger partial charge in [0, 0.05) is 42.5 Å². The number of benzene rings is 1. The molecule has 8 bridgehead atoms. The number of hydrogen-bond acceptors (Lipinski definition) is 3. The second-order valence-corrected chi connectivity index (χ2v) is 11.8. The maximum Gasteiger partial charge on any atom is 0.0907 e. The van der Waals surface area contributed by atoms with Crippen molar-refractivity contribution in [1.29, 1.82) is 0 Å². The predicted octanol–water partition coefficient (Wildman–Crippen LogP) is 6.31. The lowest BCUT2D eigenvalue weighted by Gasteiger charge is -2.14. The van der Waals surface area contributed by atoms with Crippen LogP contribution in [0, 0.1) is 27.7 Å². The fourth-order valence-electron chi connectivity index (χ4n) is 6.12. The number of aromatic nitrogens is 2. The first-order chi connectivity index (χ1) is 19.5. The zero-order valence-corrected chi connectivity index (χ0v) is 25.9. The number of allylic oxidation sites excluding steroid dienone is 4. The van der Waals surface area contributed by atoms with E-state index in [4.69, 9.17) is 9.98 Å². The first kappa shape index (κ1) is 26.8. The Morgan fingerprint density at radius 2 is 1.27 bits per heavy atom. The lowest BCUT2D eigenvalue weighted by atomic mass is 9.92. The van der Waals surface area contributed by atoms with Crippen LogP contribution in [-0.4, -0.2) is 40.4 Å². The standard InChI is InChI=1S/C36H39N5/c1-18-20(3)33-30(26-14-12-11-13-15-26)34-24(7)22(5)31(39-34)27(17-41(9)10)32-23(6)25(8)36(40-32)35-21(4)19(2)29(38-35)16-28(18)37-33/h11-17,37-38H,1-10H3/b27-17-,29-16?,34-30?,36-35?. The average Bonchev–Trinajstić information content (AvgIpc) is 3.60. The van der Waals surface area contributed by atoms with E-state index in [1.165, 1.54) is 44.5 Å². The number of nitrogens with one attached hydrogen (secondary N) is 2. The van der Waals surface area contributed by atoms with E-state index in [1.54, 1.807) is 0 Å². The third-order valence-electron chi connectivity index (χ3n) is 9.17. The minimum atomic E-state index is 0.981. The quantitative estimate of drug-likeness (QED) is 0.392. The molecule has 0 saturated carbocycles. The monoisotopic (exact) mass is 541 g/mol. The van der Waals surface area contributed by atoms with Crippen molar-refractivity contribution in [1.82, 2.24) is 14.9 Å². The van der Waals surface area contributed by atoms with Gasteiger partial charge in [-0.1, -0.05) is 30.3 Å². The lowest BCUT2D eigenvalue weighted by molar-refractivity contribution is 0.563. The molecule has 6 rings (SSSR count). The van der Waals surface area contributed by atoms with Gasteiger partial charge in [0.05, 0.1) is 33.9 Å². The molecule has 208 valence electrons. The van der Waals surface area contributed by atoms with Crippen LogP contribution in [0.25, 0.3) is 17.3 Å². The molecule has 1 aromatic carbocycles. The van der Waals surface area contributed by atoms with Gasteiger partial charge < -0.3 is 14.9 Å². The van der Waals surface area contributed by atoms with Gasteiger partial charge in [-0.25, -0.2) is 9.98 Å². The Kier molecular flexibility index (Phi) is 6.29. The van der Waals surface area contributed by atoms with E-state index in [2.05, 4.69) is 127 Å². The number of aromatic amines is 2. The van der Waals surface area contributed by atoms with Crippen molar-refractivity contribution in [3.05, 3.63) is 120 Å². The second-order valence-electron chi connectivity index (χ2n) is 11.8. The Bertz CT molecular complexity index is 1960. The van der Waals surface area contributed by atoms with Crippen molar-refractivity contribution in [2.24, 2.45) is 9.98 Å². The maximum absolute atomic E-state index is 5.46. The van der Waals surface area contributed by atoms with E-state index in [9.17, 15) is 0 Å². The summed E-state index contributed by atoms with van der Waals surface area (Å²) >= 11 is 0. The van der Waals surface area contributed by atoms with Crippen molar-refractivity contribution in [3.8, 4) is 0 Å². The Morgan fingerprint density at radius 1 is 0.659 bits per heavy atom. The van der Waals surface area contributed by atoms with E-state index < -0.39 is 0 Å². The van der Waals surface area contributed by atoms with Crippen molar-refractivity contribution in [2.45, 2.75) is 55.4 Å². The first-order valence-electron chi connectivity index (χ1n) is 14.3. The van der Waals surface area contributed by atoms with Gasteiger partial charge in [0.2, 0.25) is 0 Å². The van der Waals surface area contributed by atoms with Crippen LogP contribution in [-0.2, 0) is 0 Å². The van der Waals surface area contributed by atoms with Crippen LogP contribution in [0.1, 0.15) is 66.9 Å². The van der Waals surface area contributed by atoms with Gasteiger partial charge in [-0.2, -0.15) is 0 Å². The predicted molar refractivity (Wildman–Crippen MR) is 173 cm³/mol. The van der Waals surface area contributed by atoms with Gasteiger partial charge in [-0.3, -0.25) is 0 Å². The van der Waals surface area contributed by atoms with Gasteiger partial charge >= 0.3 is 0 Å². The molecule has 0 saturated heterocycles. The molecule has 3 aliphatic rings. The van der Waals surface area contributed by atoms with E-state index in [0.29, 0.717) is 0 Å². The third kappa shape index (κ3) is 4.06. The van der Waals surface area contributed by atoms with E-state index in [0.717, 1.165) is 61.6 Å². The van der Waals surface area contributed by atoms with Crippen molar-refractivity contribution < 1.29 is 0 Å². The van der Waals surface area contributed by atoms with Crippen LogP contribution < -0.4 is 10.7 Å². The highest BCUT2D eigenvalue weighted by molar-refractivity contribution is 6.37. The Labute approximate surface area is 242 Å². The van der Waals surface area contributed by atoms with Crippen molar-refractivity contribution in [3.63, 3.8) is 0 Å². The SMILES string of the molecule is CC1=C(C)C2=C(c3ccccc3)c3[nH]c(c(C)c3C)C=c3[nH]c(c(C)c3C)=C3N=C(C(C)=C3C)/C(=C\N(C)C)C1=N2. The summed E-state index contributed by atoms with van der Waals surface area (Å²) in [6, 6.07) is 10.7. The highest BCUT2D eigenvalue weighted by atomic mass is 15.0. The van der Waals surface area contributed by atoms with E-state index >= 15 is 0 Å². The molecular weight excluding hydrogens is 502 g/mol. The largest absolute Gasteiger partial charge is 0.383 e. The molecule has 0 fully saturated rings. The van der Waals surface area contributed by atoms with Gasteiger partial charge in [-0.05, 0) is 112 Å². The number of hydrogen-bond donors (Lipinski definition) is 2. The summed E-state index contributed by atoms with van der Waals surface area (Å²) in [6.07, 6.45) is 4.43. The molecule has 0 spiro atoms. The molecule has 2 N–H and O–H groups in total. The van der Waals surface area contributed by atoms with Crippen LogP contribution in [0.3, 0.4) is 0 Å². The topological polar surface area (TPSA) is 59.5 Å². The average molecular weight is 542 g/mol. The molecule has 0 amide bonds. The summed E-state index contributed by atoms with van der Waals surface area (Å²) in [4.78, 5) is 20.5. The van der Waals surface area contributed by atoms with E-state index in [1.807, 2.05) is 0 Å². The smallest absolute Gasteiger partial charge is 0.0907 e. The molecule has 0 aliphatic carbocycles. The zero-order valence-electron chi connectivity index (χ0n) is 25.9. The molecule has 5 heteroatoms. The highest BCUT2D eigenvalue weighted by Crippen LogP contribution is 2.40. The summed E-state index contributed by atoms with van der Waals surface area (Å²) in [5.74, 6) is 0. The number of rotatable bonds is 2. The summed E-state index contributed by atoms with van der Waals surface area (Å²) in [5, 5.41) is 2.19. The second kappa shape index (κ2) is 9.62. The van der Waals surface area contributed by atoms with Crippen LogP contribution in [0.15, 0.2) is 80.1 Å². The van der Waals surface area contributed by atoms with Crippen LogP contribution >= 0.6 is 0 Å². The molecule has 3 aliphatic heterocycles. The molecule has 5 heterocycles. The van der Waals surface area contributed by atoms with Gasteiger partial charge in [0.25, 0.3) is 0 Å². The Balaban J connectivity index is 1.83. The third-order valence-corrected chi connectivity index (χ3v) is 9.17. The minimum Gasteiger partial charge on any atom is -0.383 e. The van der Waals surface area contributed by atoms with Gasteiger partial charge in [-0.15, -0.1) is 0 Å². The molecule has 0 radical (unpaired) electrons. The Hall–Kier alpha value is -4.38. The fraction of sp³-hybridized carbons (Fsp3) is 0.278. The first-order valence-corrected chi connectivity index (χ1v) is 14.3. The van der Waals surface area contributed by atoms with Crippen LogP contribution in [0.2, 0.25) is 0 Å². The molecule has 0 atom stereocenters. The molecule has 2 aromatic heterocycles. The summed E-state index contributed by atoms with van der Waals surface area (Å²) in [6.45, 7) is 17.6. The summed E-state index contributed by atoms with van der Waals surface area (Å²) in [5.41, 5.74) is 19.2. The lowest BCUT2D eigenvalue weighted by Crippen LogP contribution is -2.17. The number of fused-ring (bicyclic) bond motifs is 6. The van der Waals surface area contributed by atoms with Crippen molar-refractivity contribution in [2.75, 3.05) is 14.1 Å². The summed E-state index contributed by atoms with van der Waals surface area (Å²) in [7, 11) is 4.13. The van der Waals surface area contributed by atoms with Crippen molar-refractivity contribution >= 4 is 28.8 Å². The molecule has 5 nitrogen and oxygen atoms in total.